The molecular formula is C10H18O3. The fourth-order valence-electron chi connectivity index (χ4n) is 0.791. The molecular weight excluding hydrogens is 168 g/mol. The van der Waals surface area contributed by atoms with Gasteiger partial charge in [0.25, 0.3) is 0 Å². The summed E-state index contributed by atoms with van der Waals surface area (Å²) < 4.78 is 0. The van der Waals surface area contributed by atoms with Gasteiger partial charge in [0.15, 0.2) is 0 Å². The largest absolute Gasteiger partial charge is 0.393 e. The Morgan fingerprint density at radius 2 is 1.85 bits per heavy atom. The average molecular weight is 186 g/mol. The van der Waals surface area contributed by atoms with Crippen LogP contribution >= 0.6 is 0 Å². The summed E-state index contributed by atoms with van der Waals surface area (Å²) >= 11 is 0. The van der Waals surface area contributed by atoms with Crippen molar-refractivity contribution in [3.63, 3.8) is 0 Å². The van der Waals surface area contributed by atoms with Crippen molar-refractivity contribution in [1.82, 2.24) is 0 Å². The molecule has 13 heavy (non-hydrogen) atoms. The lowest BCUT2D eigenvalue weighted by Crippen LogP contribution is -2.12. The molecule has 0 fully saturated rings. The van der Waals surface area contributed by atoms with Crippen LogP contribution in [0, 0.1) is 0 Å². The maximum atomic E-state index is 9.16. The van der Waals surface area contributed by atoms with Crippen molar-refractivity contribution >= 4 is 0 Å². The van der Waals surface area contributed by atoms with Gasteiger partial charge in [0, 0.05) is 0 Å². The molecule has 0 aliphatic carbocycles. The van der Waals surface area contributed by atoms with Crippen LogP contribution in [0.5, 0.6) is 0 Å². The van der Waals surface area contributed by atoms with Crippen molar-refractivity contribution in [2.45, 2.75) is 26.4 Å². The zero-order valence-electron chi connectivity index (χ0n) is 8.20. The standard InChI is InChI=1S/C10H18O3/c1-8(6-11)4-3-5-9(2)10(13)7-12/h4-5,10-13H,3,6-7H2,1-2H3/t10-/m1/s1. The van der Waals surface area contributed by atoms with Gasteiger partial charge in [-0.1, -0.05) is 17.7 Å². The molecule has 3 nitrogen and oxygen atoms in total. The summed E-state index contributed by atoms with van der Waals surface area (Å²) in [5.74, 6) is 0. The number of hydrogen-bond acceptors (Lipinski definition) is 3. The molecule has 0 saturated carbocycles. The molecule has 0 aliphatic heterocycles. The van der Waals surface area contributed by atoms with Gasteiger partial charge in [-0.3, -0.25) is 0 Å². The van der Waals surface area contributed by atoms with Gasteiger partial charge in [-0.05, 0) is 25.8 Å². The highest BCUT2D eigenvalue weighted by molar-refractivity contribution is 5.09. The summed E-state index contributed by atoms with van der Waals surface area (Å²) in [4.78, 5) is 0. The highest BCUT2D eigenvalue weighted by Gasteiger charge is 2.01. The lowest BCUT2D eigenvalue weighted by molar-refractivity contribution is 0.122. The van der Waals surface area contributed by atoms with Gasteiger partial charge in [-0.2, -0.15) is 0 Å². The fourth-order valence-corrected chi connectivity index (χ4v) is 0.791. The van der Waals surface area contributed by atoms with E-state index in [2.05, 4.69) is 0 Å². The third-order valence-corrected chi connectivity index (χ3v) is 1.85. The van der Waals surface area contributed by atoms with Crippen LogP contribution < -0.4 is 0 Å². The van der Waals surface area contributed by atoms with Gasteiger partial charge in [0.1, 0.15) is 0 Å². The van der Waals surface area contributed by atoms with Crippen LogP contribution in [0.25, 0.3) is 0 Å². The smallest absolute Gasteiger partial charge is 0.0978 e. The molecule has 0 heterocycles. The van der Waals surface area contributed by atoms with Crippen LogP contribution in [0.15, 0.2) is 23.3 Å². The normalized spacial score (nSPS) is 16.1. The first kappa shape index (κ1) is 12.4. The van der Waals surface area contributed by atoms with Crippen LogP contribution in [0.2, 0.25) is 0 Å². The van der Waals surface area contributed by atoms with Crippen LogP contribution in [0.4, 0.5) is 0 Å². The molecule has 0 aromatic carbocycles. The van der Waals surface area contributed by atoms with Crippen LogP contribution in [-0.4, -0.2) is 34.6 Å². The summed E-state index contributed by atoms with van der Waals surface area (Å²) in [6.45, 7) is 3.43. The predicted molar refractivity (Wildman–Crippen MR) is 52.3 cm³/mol. The van der Waals surface area contributed by atoms with E-state index >= 15 is 0 Å². The maximum Gasteiger partial charge on any atom is 0.0978 e. The van der Waals surface area contributed by atoms with E-state index < -0.39 is 6.10 Å². The first-order valence-electron chi connectivity index (χ1n) is 4.33. The minimum absolute atomic E-state index is 0.0649. The lowest BCUT2D eigenvalue weighted by atomic mass is 10.1. The molecule has 0 aromatic rings. The highest BCUT2D eigenvalue weighted by Crippen LogP contribution is 2.03. The summed E-state index contributed by atoms with van der Waals surface area (Å²) in [6, 6.07) is 0. The minimum atomic E-state index is -0.761. The van der Waals surface area contributed by atoms with Gasteiger partial charge in [0.05, 0.1) is 19.3 Å². The highest BCUT2D eigenvalue weighted by atomic mass is 16.3. The van der Waals surface area contributed by atoms with Crippen LogP contribution in [0.3, 0.4) is 0 Å². The minimum Gasteiger partial charge on any atom is -0.393 e. The SMILES string of the molecule is CC(=CCC=C(C)[C@H](O)CO)CO. The third-order valence-electron chi connectivity index (χ3n) is 1.85. The molecule has 0 amide bonds. The Kier molecular flexibility index (Phi) is 6.49. The molecule has 0 rings (SSSR count). The van der Waals surface area contributed by atoms with Gasteiger partial charge in [0.2, 0.25) is 0 Å². The molecule has 0 saturated heterocycles. The van der Waals surface area contributed by atoms with E-state index in [4.69, 9.17) is 15.3 Å². The van der Waals surface area contributed by atoms with E-state index in [9.17, 15) is 0 Å². The van der Waals surface area contributed by atoms with Crippen molar-refractivity contribution in [3.8, 4) is 0 Å². The predicted octanol–water partition coefficient (Wildman–Crippen LogP) is 0.615. The van der Waals surface area contributed by atoms with Gasteiger partial charge in [-0.15, -0.1) is 0 Å². The topological polar surface area (TPSA) is 60.7 Å². The molecule has 76 valence electrons. The van der Waals surface area contributed by atoms with Crippen molar-refractivity contribution in [3.05, 3.63) is 23.3 Å². The number of aliphatic hydroxyl groups excluding tert-OH is 3. The maximum absolute atomic E-state index is 9.16. The number of aliphatic hydroxyl groups is 3. The zero-order chi connectivity index (χ0) is 10.3. The fraction of sp³-hybridized carbons (Fsp3) is 0.600. The van der Waals surface area contributed by atoms with Crippen molar-refractivity contribution in [2.24, 2.45) is 0 Å². The number of hydrogen-bond donors (Lipinski definition) is 3. The van der Waals surface area contributed by atoms with Crippen molar-refractivity contribution in [2.75, 3.05) is 13.2 Å². The monoisotopic (exact) mass is 186 g/mol. The van der Waals surface area contributed by atoms with E-state index in [0.717, 1.165) is 11.1 Å². The van der Waals surface area contributed by atoms with E-state index in [1.54, 1.807) is 6.92 Å². The Morgan fingerprint density at radius 3 is 2.31 bits per heavy atom. The van der Waals surface area contributed by atoms with Crippen LogP contribution in [0.1, 0.15) is 20.3 Å². The molecule has 0 aromatic heterocycles. The number of rotatable bonds is 5. The average Bonchev–Trinajstić information content (AvgIpc) is 2.15. The molecule has 0 bridgehead atoms. The lowest BCUT2D eigenvalue weighted by Gasteiger charge is -2.06. The molecule has 0 unspecified atom stereocenters. The molecule has 3 heteroatoms. The van der Waals surface area contributed by atoms with Gasteiger partial charge in [-0.25, -0.2) is 0 Å². The van der Waals surface area contributed by atoms with Gasteiger partial charge >= 0.3 is 0 Å². The Bertz CT molecular complexity index is 194. The van der Waals surface area contributed by atoms with E-state index in [-0.39, 0.29) is 13.2 Å². The molecule has 0 aliphatic rings. The van der Waals surface area contributed by atoms with E-state index in [1.807, 2.05) is 19.1 Å². The van der Waals surface area contributed by atoms with E-state index in [1.165, 1.54) is 0 Å². The first-order chi connectivity index (χ1) is 6.11. The second-order valence-electron chi connectivity index (χ2n) is 3.09. The Morgan fingerprint density at radius 1 is 1.23 bits per heavy atom. The summed E-state index contributed by atoms with van der Waals surface area (Å²) in [5, 5.41) is 26.5. The molecule has 1 atom stereocenters. The Balaban J connectivity index is 3.97. The summed E-state index contributed by atoms with van der Waals surface area (Å²) in [5.41, 5.74) is 1.66. The number of allylic oxidation sites excluding steroid dienone is 2. The van der Waals surface area contributed by atoms with Gasteiger partial charge < -0.3 is 15.3 Å². The molecule has 0 radical (unpaired) electrons. The zero-order valence-corrected chi connectivity index (χ0v) is 8.20. The molecule has 3 N–H and O–H groups in total. The van der Waals surface area contributed by atoms with Crippen molar-refractivity contribution in [1.29, 1.82) is 0 Å². The second kappa shape index (κ2) is 6.83. The summed E-state index contributed by atoms with van der Waals surface area (Å²) in [7, 11) is 0. The van der Waals surface area contributed by atoms with Crippen molar-refractivity contribution < 1.29 is 15.3 Å². The second-order valence-corrected chi connectivity index (χ2v) is 3.09. The third kappa shape index (κ3) is 5.58. The Hall–Kier alpha value is -0.640. The quantitative estimate of drug-likeness (QED) is 0.551. The van der Waals surface area contributed by atoms with E-state index in [0.29, 0.717) is 6.42 Å². The summed E-state index contributed by atoms with van der Waals surface area (Å²) in [6.07, 6.45) is 3.63. The first-order valence-corrected chi connectivity index (χ1v) is 4.33. The Labute approximate surface area is 79.0 Å². The molecule has 0 spiro atoms. The van der Waals surface area contributed by atoms with Crippen LogP contribution in [-0.2, 0) is 0 Å².